The van der Waals surface area contributed by atoms with Crippen LogP contribution in [0.5, 0.6) is 0 Å². The van der Waals surface area contributed by atoms with E-state index in [9.17, 15) is 19.2 Å². The van der Waals surface area contributed by atoms with Gasteiger partial charge in [-0.05, 0) is 24.6 Å². The van der Waals surface area contributed by atoms with Crippen LogP contribution in [-0.2, 0) is 24.7 Å². The van der Waals surface area contributed by atoms with Crippen LogP contribution in [0.25, 0.3) is 0 Å². The highest BCUT2D eigenvalue weighted by molar-refractivity contribution is 6.09. The van der Waals surface area contributed by atoms with E-state index >= 15 is 0 Å². The number of benzene rings is 2. The lowest BCUT2D eigenvalue weighted by Crippen LogP contribution is -2.42. The van der Waals surface area contributed by atoms with Crippen molar-refractivity contribution in [3.05, 3.63) is 66.2 Å². The first kappa shape index (κ1) is 20.1. The number of nitrogens with one attached hydrogen (secondary N) is 1. The van der Waals surface area contributed by atoms with Crippen LogP contribution < -0.4 is 10.2 Å². The van der Waals surface area contributed by atoms with Gasteiger partial charge in [-0.25, -0.2) is 4.79 Å². The molecule has 0 aromatic heterocycles. The van der Waals surface area contributed by atoms with E-state index in [1.807, 2.05) is 6.07 Å². The van der Waals surface area contributed by atoms with E-state index < -0.39 is 42.5 Å². The minimum atomic E-state index is -1.26. The van der Waals surface area contributed by atoms with Gasteiger partial charge < -0.3 is 15.0 Å². The first-order valence-corrected chi connectivity index (χ1v) is 9.00. The highest BCUT2D eigenvalue weighted by atomic mass is 16.5. The van der Waals surface area contributed by atoms with Crippen molar-refractivity contribution in [2.24, 2.45) is 0 Å². The number of rotatable bonds is 6. The van der Waals surface area contributed by atoms with E-state index in [4.69, 9.17) is 4.74 Å². The molecule has 0 radical (unpaired) electrons. The Hall–Kier alpha value is -3.68. The van der Waals surface area contributed by atoms with E-state index in [0.717, 1.165) is 4.90 Å². The number of para-hydroxylation sites is 1. The molecule has 0 unspecified atom stereocenters. The lowest BCUT2D eigenvalue weighted by atomic mass is 9.92. The molecule has 1 aliphatic rings. The molecule has 1 saturated heterocycles. The molecule has 2 aromatic rings. The zero-order chi connectivity index (χ0) is 21.0. The molecule has 2 aromatic carbocycles. The minimum absolute atomic E-state index is 0.434. The molecular formula is C21H21N3O5. The van der Waals surface area contributed by atoms with Gasteiger partial charge in [0.25, 0.3) is 11.8 Å². The molecule has 4 amide bonds. The third-order valence-electron chi connectivity index (χ3n) is 4.79. The molecule has 8 heteroatoms. The number of amides is 4. The van der Waals surface area contributed by atoms with E-state index in [0.29, 0.717) is 11.3 Å². The van der Waals surface area contributed by atoms with Crippen molar-refractivity contribution >= 4 is 29.5 Å². The van der Waals surface area contributed by atoms with Crippen molar-refractivity contribution in [2.45, 2.75) is 12.5 Å². The highest BCUT2D eigenvalue weighted by Gasteiger charge is 2.49. The number of esters is 1. The SMILES string of the molecule is CN(C(=O)COC(=O)CN1C(=O)N[C@](C)(c2ccccc2)C1=O)c1ccccc1. The molecule has 8 nitrogen and oxygen atoms in total. The second-order valence-electron chi connectivity index (χ2n) is 6.76. The first-order valence-electron chi connectivity index (χ1n) is 9.00. The van der Waals surface area contributed by atoms with Gasteiger partial charge in [0.15, 0.2) is 6.61 Å². The number of anilines is 1. The highest BCUT2D eigenvalue weighted by Crippen LogP contribution is 2.28. The number of hydrogen-bond donors (Lipinski definition) is 1. The molecule has 0 bridgehead atoms. The third kappa shape index (κ3) is 4.11. The van der Waals surface area contributed by atoms with Gasteiger partial charge in [0.05, 0.1) is 0 Å². The molecule has 0 saturated carbocycles. The summed E-state index contributed by atoms with van der Waals surface area (Å²) in [4.78, 5) is 51.5. The normalized spacial score (nSPS) is 18.3. The summed E-state index contributed by atoms with van der Waals surface area (Å²) in [6, 6.07) is 16.9. The molecule has 1 heterocycles. The van der Waals surface area contributed by atoms with Crippen molar-refractivity contribution in [3.63, 3.8) is 0 Å². The fourth-order valence-electron chi connectivity index (χ4n) is 3.02. The predicted octanol–water partition coefficient (Wildman–Crippen LogP) is 1.66. The number of urea groups is 1. The molecule has 0 spiro atoms. The van der Waals surface area contributed by atoms with Crippen molar-refractivity contribution < 1.29 is 23.9 Å². The number of imide groups is 1. The van der Waals surface area contributed by atoms with Gasteiger partial charge in [-0.3, -0.25) is 19.3 Å². The summed E-state index contributed by atoms with van der Waals surface area (Å²) in [5.74, 6) is -1.84. The number of hydrogen-bond acceptors (Lipinski definition) is 5. The lowest BCUT2D eigenvalue weighted by Gasteiger charge is -2.22. The van der Waals surface area contributed by atoms with E-state index in [1.165, 1.54) is 4.90 Å². The van der Waals surface area contributed by atoms with E-state index in [1.54, 1.807) is 68.6 Å². The molecule has 1 atom stereocenters. The summed E-state index contributed by atoms with van der Waals surface area (Å²) >= 11 is 0. The average Bonchev–Trinajstić information content (AvgIpc) is 2.96. The monoisotopic (exact) mass is 395 g/mol. The van der Waals surface area contributed by atoms with Crippen molar-refractivity contribution in [3.8, 4) is 0 Å². The number of carbonyl (C=O) groups excluding carboxylic acids is 4. The number of likely N-dealkylation sites (N-methyl/N-ethyl adjacent to an activating group) is 1. The Kier molecular flexibility index (Phi) is 5.63. The zero-order valence-corrected chi connectivity index (χ0v) is 16.1. The molecule has 29 heavy (non-hydrogen) atoms. The Morgan fingerprint density at radius 1 is 1.03 bits per heavy atom. The van der Waals surface area contributed by atoms with Gasteiger partial charge in [-0.2, -0.15) is 0 Å². The summed E-state index contributed by atoms with van der Waals surface area (Å²) in [6.45, 7) is 0.505. The molecule has 0 aliphatic carbocycles. The number of nitrogens with zero attached hydrogens (tertiary/aromatic N) is 2. The van der Waals surface area contributed by atoms with E-state index in [-0.39, 0.29) is 0 Å². The predicted molar refractivity (Wildman–Crippen MR) is 105 cm³/mol. The maximum absolute atomic E-state index is 12.8. The van der Waals surface area contributed by atoms with Gasteiger partial charge in [-0.15, -0.1) is 0 Å². The molecule has 3 rings (SSSR count). The van der Waals surface area contributed by atoms with Gasteiger partial charge in [-0.1, -0.05) is 48.5 Å². The quantitative estimate of drug-likeness (QED) is 0.593. The molecule has 1 N–H and O–H groups in total. The smallest absolute Gasteiger partial charge is 0.326 e. The van der Waals surface area contributed by atoms with E-state index in [2.05, 4.69) is 5.32 Å². The zero-order valence-electron chi connectivity index (χ0n) is 16.1. The van der Waals surface area contributed by atoms with Crippen LogP contribution in [-0.4, -0.2) is 48.9 Å². The van der Waals surface area contributed by atoms with Crippen LogP contribution in [0.3, 0.4) is 0 Å². The minimum Gasteiger partial charge on any atom is -0.454 e. The number of carbonyl (C=O) groups is 4. The van der Waals surface area contributed by atoms with Crippen LogP contribution in [0, 0.1) is 0 Å². The summed E-state index contributed by atoms with van der Waals surface area (Å²) in [5, 5.41) is 2.61. The van der Waals surface area contributed by atoms with Gasteiger partial charge >= 0.3 is 12.0 Å². The Morgan fingerprint density at radius 3 is 2.24 bits per heavy atom. The van der Waals surface area contributed by atoms with Crippen LogP contribution in [0.2, 0.25) is 0 Å². The van der Waals surface area contributed by atoms with Gasteiger partial charge in [0.2, 0.25) is 0 Å². The summed E-state index contributed by atoms with van der Waals surface area (Å²) in [7, 11) is 1.56. The summed E-state index contributed by atoms with van der Waals surface area (Å²) in [6.07, 6.45) is 0. The molecular weight excluding hydrogens is 374 g/mol. The lowest BCUT2D eigenvalue weighted by molar-refractivity contribution is -0.150. The Labute approximate surface area is 168 Å². The standard InChI is InChI=1S/C21H21N3O5/c1-21(15-9-5-3-6-10-15)19(27)24(20(28)22-21)13-18(26)29-14-17(25)23(2)16-11-7-4-8-12-16/h3-12H,13-14H2,1-2H3,(H,22,28)/t21-/m1/s1. The molecule has 150 valence electrons. The van der Waals surface area contributed by atoms with Gasteiger partial charge in [0, 0.05) is 12.7 Å². The number of ether oxygens (including phenoxy) is 1. The molecule has 1 fully saturated rings. The fraction of sp³-hybridized carbons (Fsp3) is 0.238. The van der Waals surface area contributed by atoms with Crippen LogP contribution >= 0.6 is 0 Å². The van der Waals surface area contributed by atoms with Crippen LogP contribution in [0.4, 0.5) is 10.5 Å². The topological polar surface area (TPSA) is 96.0 Å². The fourth-order valence-corrected chi connectivity index (χ4v) is 3.02. The van der Waals surface area contributed by atoms with Gasteiger partial charge in [0.1, 0.15) is 12.1 Å². The third-order valence-corrected chi connectivity index (χ3v) is 4.79. The second-order valence-corrected chi connectivity index (χ2v) is 6.76. The van der Waals surface area contributed by atoms with Crippen LogP contribution in [0.1, 0.15) is 12.5 Å². The maximum Gasteiger partial charge on any atom is 0.326 e. The summed E-state index contributed by atoms with van der Waals surface area (Å²) in [5.41, 5.74) is -0.00253. The average molecular weight is 395 g/mol. The van der Waals surface area contributed by atoms with Crippen molar-refractivity contribution in [1.29, 1.82) is 0 Å². The second kappa shape index (κ2) is 8.14. The largest absolute Gasteiger partial charge is 0.454 e. The van der Waals surface area contributed by atoms with Crippen molar-refractivity contribution in [1.82, 2.24) is 10.2 Å². The maximum atomic E-state index is 12.8. The van der Waals surface area contributed by atoms with Crippen LogP contribution in [0.15, 0.2) is 60.7 Å². The molecule has 1 aliphatic heterocycles. The Bertz CT molecular complexity index is 932. The van der Waals surface area contributed by atoms with Crippen molar-refractivity contribution in [2.75, 3.05) is 25.1 Å². The first-order chi connectivity index (χ1) is 13.8. The summed E-state index contributed by atoms with van der Waals surface area (Å²) < 4.78 is 4.97. The Balaban J connectivity index is 1.59. The Morgan fingerprint density at radius 2 is 1.62 bits per heavy atom.